The number of ether oxygens (including phenoxy) is 2. The Kier molecular flexibility index (Phi) is 6.02. The number of rotatable bonds is 5. The summed E-state index contributed by atoms with van der Waals surface area (Å²) < 4.78 is 11.1. The predicted octanol–water partition coefficient (Wildman–Crippen LogP) is 6.16. The van der Waals surface area contributed by atoms with Crippen LogP contribution >= 0.6 is 11.6 Å². The van der Waals surface area contributed by atoms with Crippen molar-refractivity contribution in [2.24, 2.45) is 10.5 Å². The first-order valence-electron chi connectivity index (χ1n) is 13.5. The van der Waals surface area contributed by atoms with Crippen LogP contribution in [0.5, 0.6) is 11.5 Å². The first kappa shape index (κ1) is 26.2. The zero-order valence-corrected chi connectivity index (χ0v) is 23.5. The van der Waals surface area contributed by atoms with Crippen LogP contribution in [0.3, 0.4) is 0 Å². The summed E-state index contributed by atoms with van der Waals surface area (Å²) in [6.07, 6.45) is 1.69. The molecule has 208 valence electrons. The molecule has 0 radical (unpaired) electrons. The third-order valence-electron chi connectivity index (χ3n) is 8.74. The Balaban J connectivity index is 1.55. The summed E-state index contributed by atoms with van der Waals surface area (Å²) in [5.74, 6) is -0.927. The molecule has 7 rings (SSSR count). The number of carbonyl (C=O) groups excluding carboxylic acids is 3. The van der Waals surface area contributed by atoms with Gasteiger partial charge in [-0.1, -0.05) is 66.2 Å². The van der Waals surface area contributed by atoms with Crippen LogP contribution in [0.2, 0.25) is 5.02 Å². The molecular weight excluding hydrogens is 552 g/mol. The van der Waals surface area contributed by atoms with E-state index in [1.54, 1.807) is 78.0 Å². The first-order valence-corrected chi connectivity index (χ1v) is 13.9. The van der Waals surface area contributed by atoms with Crippen molar-refractivity contribution in [2.75, 3.05) is 14.2 Å². The van der Waals surface area contributed by atoms with E-state index in [-0.39, 0.29) is 17.3 Å². The van der Waals surface area contributed by atoms with E-state index in [0.29, 0.717) is 38.8 Å². The number of carbonyl (C=O) groups is 3. The number of halogens is 1. The van der Waals surface area contributed by atoms with Gasteiger partial charge in [-0.3, -0.25) is 19.4 Å². The molecule has 1 spiro atoms. The van der Waals surface area contributed by atoms with Crippen LogP contribution in [0, 0.1) is 5.41 Å². The molecule has 1 saturated heterocycles. The van der Waals surface area contributed by atoms with Crippen LogP contribution in [0.4, 0.5) is 0 Å². The fourth-order valence-electron chi connectivity index (χ4n) is 6.98. The second-order valence-corrected chi connectivity index (χ2v) is 11.1. The molecule has 2 heterocycles. The van der Waals surface area contributed by atoms with Gasteiger partial charge in [-0.25, -0.2) is 0 Å². The van der Waals surface area contributed by atoms with E-state index in [0.717, 1.165) is 11.1 Å². The number of methoxy groups -OCH3 is 2. The van der Waals surface area contributed by atoms with Crippen molar-refractivity contribution < 1.29 is 23.9 Å². The fraction of sp³-hybridized carbons (Fsp3) is 0.176. The molecule has 3 atom stereocenters. The summed E-state index contributed by atoms with van der Waals surface area (Å²) in [4.78, 5) is 44.2. The Bertz CT molecular complexity index is 1780. The van der Waals surface area contributed by atoms with Crippen LogP contribution in [0.15, 0.2) is 96.1 Å². The van der Waals surface area contributed by atoms with E-state index >= 15 is 0 Å². The van der Waals surface area contributed by atoms with Gasteiger partial charge in [-0.05, 0) is 53.1 Å². The highest BCUT2D eigenvalue weighted by Gasteiger charge is 2.72. The molecule has 4 aromatic carbocycles. The number of hydrazone groups is 1. The molecule has 1 aliphatic carbocycles. The highest BCUT2D eigenvalue weighted by atomic mass is 35.5. The minimum atomic E-state index is -1.68. The lowest BCUT2D eigenvalue weighted by molar-refractivity contribution is 0.0586. The number of nitrogens with zero attached hydrogens (tertiary/aromatic N) is 2. The number of hydrogen-bond acceptors (Lipinski definition) is 7. The van der Waals surface area contributed by atoms with E-state index in [1.807, 2.05) is 24.3 Å². The van der Waals surface area contributed by atoms with Gasteiger partial charge in [0.2, 0.25) is 0 Å². The molecule has 4 aromatic rings. The van der Waals surface area contributed by atoms with Gasteiger partial charge in [-0.2, -0.15) is 5.10 Å². The maximum absolute atomic E-state index is 14.8. The van der Waals surface area contributed by atoms with Crippen molar-refractivity contribution in [3.05, 3.63) is 129 Å². The molecule has 0 amide bonds. The smallest absolute Gasteiger partial charge is 0.187 e. The van der Waals surface area contributed by atoms with Crippen LogP contribution in [-0.4, -0.2) is 48.8 Å². The molecule has 2 aliphatic heterocycles. The molecule has 1 fully saturated rings. The minimum Gasteiger partial charge on any atom is -0.493 e. The maximum Gasteiger partial charge on any atom is 0.187 e. The molecule has 7 nitrogen and oxygen atoms in total. The molecule has 3 aliphatic rings. The van der Waals surface area contributed by atoms with E-state index in [4.69, 9.17) is 26.2 Å². The average molecular weight is 577 g/mol. The number of ketones is 3. The summed E-state index contributed by atoms with van der Waals surface area (Å²) in [5.41, 5.74) is 1.56. The zero-order chi connectivity index (χ0) is 29.2. The van der Waals surface area contributed by atoms with Gasteiger partial charge in [0.25, 0.3) is 0 Å². The van der Waals surface area contributed by atoms with E-state index in [1.165, 1.54) is 14.2 Å². The monoisotopic (exact) mass is 576 g/mol. The third-order valence-corrected chi connectivity index (χ3v) is 8.99. The van der Waals surface area contributed by atoms with E-state index in [9.17, 15) is 14.4 Å². The summed E-state index contributed by atoms with van der Waals surface area (Å²) in [6.45, 7) is 0. The molecule has 0 aromatic heterocycles. The molecular formula is C34H25ClN2O5. The topological polar surface area (TPSA) is 85.3 Å². The fourth-order valence-corrected chi connectivity index (χ4v) is 7.11. The van der Waals surface area contributed by atoms with Crippen LogP contribution in [-0.2, 0) is 0 Å². The second-order valence-electron chi connectivity index (χ2n) is 10.6. The van der Waals surface area contributed by atoms with Gasteiger partial charge >= 0.3 is 0 Å². The zero-order valence-electron chi connectivity index (χ0n) is 22.8. The lowest BCUT2D eigenvalue weighted by Gasteiger charge is -2.36. The predicted molar refractivity (Wildman–Crippen MR) is 158 cm³/mol. The Hall–Kier alpha value is -4.75. The van der Waals surface area contributed by atoms with E-state index < -0.39 is 23.4 Å². The quantitative estimate of drug-likeness (QED) is 0.209. The van der Waals surface area contributed by atoms with E-state index in [2.05, 4.69) is 0 Å². The van der Waals surface area contributed by atoms with Crippen LogP contribution in [0.1, 0.15) is 59.7 Å². The Morgan fingerprint density at radius 1 is 0.833 bits per heavy atom. The highest BCUT2D eigenvalue weighted by Crippen LogP contribution is 2.65. The van der Waals surface area contributed by atoms with Gasteiger partial charge < -0.3 is 9.47 Å². The molecule has 0 bridgehead atoms. The number of benzene rings is 4. The Morgan fingerprint density at radius 3 is 2.14 bits per heavy atom. The second kappa shape index (κ2) is 9.67. The van der Waals surface area contributed by atoms with Crippen LogP contribution < -0.4 is 9.47 Å². The maximum atomic E-state index is 14.8. The molecule has 0 unspecified atom stereocenters. The molecule has 0 saturated carbocycles. The summed E-state index contributed by atoms with van der Waals surface area (Å²) in [5, 5.41) is 6.94. The first-order chi connectivity index (χ1) is 20.4. The highest BCUT2D eigenvalue weighted by molar-refractivity contribution is 6.32. The largest absolute Gasteiger partial charge is 0.493 e. The van der Waals surface area contributed by atoms with Crippen molar-refractivity contribution in [1.29, 1.82) is 0 Å². The van der Waals surface area contributed by atoms with Gasteiger partial charge in [0.05, 0.1) is 26.5 Å². The van der Waals surface area contributed by atoms with Gasteiger partial charge in [0.1, 0.15) is 11.5 Å². The number of fused-ring (bicyclic) bond motifs is 5. The Labute approximate surface area is 247 Å². The molecule has 42 heavy (non-hydrogen) atoms. The van der Waals surface area contributed by atoms with Crippen molar-refractivity contribution >= 4 is 35.2 Å². The minimum absolute atomic E-state index is 0.276. The third kappa shape index (κ3) is 3.46. The molecule has 8 heteroatoms. The van der Waals surface area contributed by atoms with Crippen molar-refractivity contribution in [3.8, 4) is 11.5 Å². The molecule has 0 N–H and O–H groups in total. The van der Waals surface area contributed by atoms with Gasteiger partial charge in [0.15, 0.2) is 28.8 Å². The SMILES string of the molecule is COc1ccc([C@H]2[C@H](C(=O)c3ccc(Cl)cc3)N3N=Cc4ccccc4[C@H]3C23C(=O)c2ccccc2C3=O)cc1OC. The van der Waals surface area contributed by atoms with Crippen molar-refractivity contribution in [3.63, 3.8) is 0 Å². The number of Topliss-reactive ketones (excluding diaryl/α,β-unsaturated/α-hetero) is 3. The summed E-state index contributed by atoms with van der Waals surface area (Å²) in [6, 6.07) is 24.5. The number of hydrogen-bond donors (Lipinski definition) is 0. The van der Waals surface area contributed by atoms with Gasteiger partial charge in [-0.15, -0.1) is 0 Å². The standard InChI is InChI=1S/C34H25ClN2O5/c1-41-26-16-13-20(17-27(26)42-2)28-29(30(38)19-11-14-22(35)15-12-19)37-31(23-8-4-3-7-21(23)18-36-37)34(28)32(39)24-9-5-6-10-25(24)33(34)40/h3-18,28-29,31H,1-2H3/t28-,29+,31-/m0/s1. The lowest BCUT2D eigenvalue weighted by atomic mass is 9.63. The van der Waals surface area contributed by atoms with Crippen molar-refractivity contribution in [2.45, 2.75) is 18.0 Å². The average Bonchev–Trinajstić information content (AvgIpc) is 3.46. The lowest BCUT2D eigenvalue weighted by Crippen LogP contribution is -2.43. The normalized spacial score (nSPS) is 21.2. The van der Waals surface area contributed by atoms with Crippen molar-refractivity contribution in [1.82, 2.24) is 5.01 Å². The van der Waals surface area contributed by atoms with Gasteiger partial charge in [0, 0.05) is 27.6 Å². The Morgan fingerprint density at radius 2 is 1.48 bits per heavy atom. The summed E-state index contributed by atoms with van der Waals surface area (Å²) >= 11 is 6.16. The van der Waals surface area contributed by atoms with Crippen LogP contribution in [0.25, 0.3) is 0 Å². The summed E-state index contributed by atoms with van der Waals surface area (Å²) in [7, 11) is 3.06.